The first-order chi connectivity index (χ1) is 11.4. The van der Waals surface area contributed by atoms with E-state index in [0.717, 1.165) is 38.2 Å². The molecule has 0 bridgehead atoms. The van der Waals surface area contributed by atoms with Crippen LogP contribution in [0.4, 0.5) is 4.79 Å². The molecule has 1 aromatic carbocycles. The van der Waals surface area contributed by atoms with Crippen LogP contribution >= 0.6 is 0 Å². The highest BCUT2D eigenvalue weighted by Crippen LogP contribution is 2.19. The number of alkyl carbamates (subject to hydrolysis) is 1. The molecule has 0 aromatic heterocycles. The van der Waals surface area contributed by atoms with Crippen molar-refractivity contribution < 1.29 is 14.3 Å². The smallest absolute Gasteiger partial charge is 0.407 e. The van der Waals surface area contributed by atoms with Gasteiger partial charge >= 0.3 is 6.09 Å². The average Bonchev–Trinajstić information content (AvgIpc) is 2.52. The van der Waals surface area contributed by atoms with E-state index >= 15 is 0 Å². The largest absolute Gasteiger partial charge is 0.497 e. The van der Waals surface area contributed by atoms with Gasteiger partial charge in [-0.25, -0.2) is 4.79 Å². The van der Waals surface area contributed by atoms with Crippen LogP contribution in [0.1, 0.15) is 39.2 Å². The van der Waals surface area contributed by atoms with Gasteiger partial charge in [-0.15, -0.1) is 0 Å². The van der Waals surface area contributed by atoms with E-state index in [0.29, 0.717) is 12.5 Å². The predicted octanol–water partition coefficient (Wildman–Crippen LogP) is 3.43. The third-order valence-electron chi connectivity index (χ3n) is 4.10. The van der Waals surface area contributed by atoms with Crippen molar-refractivity contribution in [3.05, 3.63) is 29.8 Å². The Balaban J connectivity index is 1.77. The molecule has 134 valence electrons. The number of piperidine rings is 1. The van der Waals surface area contributed by atoms with Crippen molar-refractivity contribution in [1.82, 2.24) is 10.2 Å². The van der Waals surface area contributed by atoms with Crippen molar-refractivity contribution in [2.24, 2.45) is 5.92 Å². The summed E-state index contributed by atoms with van der Waals surface area (Å²) in [6.45, 7) is 9.36. The summed E-state index contributed by atoms with van der Waals surface area (Å²) in [6.07, 6.45) is 1.99. The molecule has 1 atom stereocenters. The summed E-state index contributed by atoms with van der Waals surface area (Å²) < 4.78 is 10.5. The van der Waals surface area contributed by atoms with Crippen molar-refractivity contribution >= 4 is 6.09 Å². The van der Waals surface area contributed by atoms with Crippen LogP contribution in [0.25, 0.3) is 0 Å². The number of carbonyl (C=O) groups is 1. The van der Waals surface area contributed by atoms with Crippen molar-refractivity contribution in [2.75, 3.05) is 26.7 Å². The highest BCUT2D eigenvalue weighted by Gasteiger charge is 2.22. The highest BCUT2D eigenvalue weighted by atomic mass is 16.6. The number of nitrogens with one attached hydrogen (secondary N) is 1. The third kappa shape index (κ3) is 6.40. The van der Waals surface area contributed by atoms with Crippen LogP contribution < -0.4 is 10.1 Å². The molecular weight excluding hydrogens is 304 g/mol. The molecule has 5 heteroatoms. The number of hydrogen-bond donors (Lipinski definition) is 1. The number of carbonyl (C=O) groups excluding carboxylic acids is 1. The Bertz CT molecular complexity index is 522. The van der Waals surface area contributed by atoms with Crippen molar-refractivity contribution in [1.29, 1.82) is 0 Å². The molecule has 0 spiro atoms. The Morgan fingerprint density at radius 3 is 2.62 bits per heavy atom. The van der Waals surface area contributed by atoms with E-state index in [1.165, 1.54) is 5.56 Å². The summed E-state index contributed by atoms with van der Waals surface area (Å²) in [6, 6.07) is 8.23. The summed E-state index contributed by atoms with van der Waals surface area (Å²) in [7, 11) is 1.68. The topological polar surface area (TPSA) is 50.8 Å². The first-order valence-electron chi connectivity index (χ1n) is 8.68. The maximum Gasteiger partial charge on any atom is 0.407 e. The third-order valence-corrected chi connectivity index (χ3v) is 4.10. The molecule has 1 fully saturated rings. The number of benzene rings is 1. The van der Waals surface area contributed by atoms with E-state index in [9.17, 15) is 4.79 Å². The van der Waals surface area contributed by atoms with E-state index in [4.69, 9.17) is 9.47 Å². The zero-order valence-electron chi connectivity index (χ0n) is 15.3. The minimum absolute atomic E-state index is 0.324. The van der Waals surface area contributed by atoms with Gasteiger partial charge in [-0.05, 0) is 63.8 Å². The maximum atomic E-state index is 11.8. The van der Waals surface area contributed by atoms with Crippen LogP contribution in [0, 0.1) is 5.92 Å². The number of likely N-dealkylation sites (tertiary alicyclic amines) is 1. The maximum absolute atomic E-state index is 11.8. The van der Waals surface area contributed by atoms with Crippen LogP contribution in [0.5, 0.6) is 5.75 Å². The second-order valence-corrected chi connectivity index (χ2v) is 7.47. The minimum atomic E-state index is -0.447. The Morgan fingerprint density at radius 1 is 1.29 bits per heavy atom. The molecule has 24 heavy (non-hydrogen) atoms. The normalized spacial score (nSPS) is 18.9. The summed E-state index contributed by atoms with van der Waals surface area (Å²) in [5.74, 6) is 1.36. The lowest BCUT2D eigenvalue weighted by molar-refractivity contribution is 0.0506. The van der Waals surface area contributed by atoms with Crippen LogP contribution in [-0.2, 0) is 11.3 Å². The molecule has 1 aromatic rings. The summed E-state index contributed by atoms with van der Waals surface area (Å²) >= 11 is 0. The fraction of sp³-hybridized carbons (Fsp3) is 0.632. The zero-order valence-corrected chi connectivity index (χ0v) is 15.3. The van der Waals surface area contributed by atoms with Crippen molar-refractivity contribution in [2.45, 2.75) is 45.8 Å². The van der Waals surface area contributed by atoms with Crippen LogP contribution in [0.2, 0.25) is 0 Å². The van der Waals surface area contributed by atoms with Gasteiger partial charge in [0.1, 0.15) is 11.4 Å². The van der Waals surface area contributed by atoms with Gasteiger partial charge in [0.05, 0.1) is 7.11 Å². The molecule has 0 radical (unpaired) electrons. The molecular formula is C19H30N2O3. The van der Waals surface area contributed by atoms with Crippen molar-refractivity contribution in [3.8, 4) is 5.75 Å². The van der Waals surface area contributed by atoms with Crippen molar-refractivity contribution in [3.63, 3.8) is 0 Å². The highest BCUT2D eigenvalue weighted by molar-refractivity contribution is 5.67. The molecule has 1 amide bonds. The minimum Gasteiger partial charge on any atom is -0.497 e. The van der Waals surface area contributed by atoms with Gasteiger partial charge in [0.15, 0.2) is 0 Å². The fourth-order valence-electron chi connectivity index (χ4n) is 2.99. The van der Waals surface area contributed by atoms with Crippen LogP contribution in [0.15, 0.2) is 24.3 Å². The lowest BCUT2D eigenvalue weighted by Gasteiger charge is -2.33. The molecule has 1 saturated heterocycles. The quantitative estimate of drug-likeness (QED) is 0.896. The van der Waals surface area contributed by atoms with Gasteiger partial charge in [-0.3, -0.25) is 4.90 Å². The summed E-state index contributed by atoms with van der Waals surface area (Å²) in [5, 5.41) is 2.90. The lowest BCUT2D eigenvalue weighted by atomic mass is 9.97. The predicted molar refractivity (Wildman–Crippen MR) is 95.2 cm³/mol. The van der Waals surface area contributed by atoms with E-state index in [1.54, 1.807) is 7.11 Å². The number of ether oxygens (including phenoxy) is 2. The molecule has 1 N–H and O–H groups in total. The first kappa shape index (κ1) is 18.6. The van der Waals surface area contributed by atoms with E-state index in [2.05, 4.69) is 22.3 Å². The molecule has 5 nitrogen and oxygen atoms in total. The fourth-order valence-corrected chi connectivity index (χ4v) is 2.99. The number of hydrogen-bond acceptors (Lipinski definition) is 4. The second kappa shape index (κ2) is 8.38. The van der Waals surface area contributed by atoms with E-state index in [-0.39, 0.29) is 6.09 Å². The average molecular weight is 334 g/mol. The SMILES string of the molecule is COc1ccc(CN2CCCC(CNC(=O)OC(C)(C)C)C2)cc1. The van der Waals surface area contributed by atoms with Gasteiger partial charge in [-0.1, -0.05) is 12.1 Å². The molecule has 1 heterocycles. The Hall–Kier alpha value is -1.75. The molecule has 1 unspecified atom stereocenters. The molecule has 0 saturated carbocycles. The van der Waals surface area contributed by atoms with Gasteiger partial charge in [0.25, 0.3) is 0 Å². The van der Waals surface area contributed by atoms with Gasteiger partial charge < -0.3 is 14.8 Å². The summed E-state index contributed by atoms with van der Waals surface area (Å²) in [5.41, 5.74) is 0.841. The Kier molecular flexibility index (Phi) is 6.49. The van der Waals surface area contributed by atoms with Gasteiger partial charge in [0, 0.05) is 19.6 Å². The second-order valence-electron chi connectivity index (χ2n) is 7.47. The molecule has 0 aliphatic carbocycles. The molecule has 1 aliphatic rings. The molecule has 1 aliphatic heterocycles. The lowest BCUT2D eigenvalue weighted by Crippen LogP contribution is -2.41. The van der Waals surface area contributed by atoms with Crippen LogP contribution in [-0.4, -0.2) is 43.3 Å². The standard InChI is InChI=1S/C19H30N2O3/c1-19(2,3)24-18(22)20-12-16-6-5-11-21(14-16)13-15-7-9-17(23-4)10-8-15/h7-10,16H,5-6,11-14H2,1-4H3,(H,20,22). The summed E-state index contributed by atoms with van der Waals surface area (Å²) in [4.78, 5) is 14.2. The van der Waals surface area contributed by atoms with E-state index < -0.39 is 5.60 Å². The van der Waals surface area contributed by atoms with Gasteiger partial charge in [0.2, 0.25) is 0 Å². The van der Waals surface area contributed by atoms with Crippen LogP contribution in [0.3, 0.4) is 0 Å². The monoisotopic (exact) mass is 334 g/mol. The molecule has 2 rings (SSSR count). The van der Waals surface area contributed by atoms with Gasteiger partial charge in [-0.2, -0.15) is 0 Å². The van der Waals surface area contributed by atoms with E-state index in [1.807, 2.05) is 32.9 Å². The number of nitrogens with zero attached hydrogens (tertiary/aromatic N) is 1. The number of amides is 1. The zero-order chi connectivity index (χ0) is 17.6. The Morgan fingerprint density at radius 2 is 2.00 bits per heavy atom. The number of rotatable bonds is 5. The Labute approximate surface area is 145 Å². The first-order valence-corrected chi connectivity index (χ1v) is 8.68. The number of methoxy groups -OCH3 is 1.